The van der Waals surface area contributed by atoms with Crippen molar-refractivity contribution >= 4 is 15.7 Å². The van der Waals surface area contributed by atoms with Crippen LogP contribution in [0.3, 0.4) is 0 Å². The zero-order valence-electron chi connectivity index (χ0n) is 11.1. The number of rotatable bonds is 4. The maximum Gasteiger partial charge on any atom is 0.243 e. The molecule has 0 aliphatic rings. The van der Waals surface area contributed by atoms with Gasteiger partial charge < -0.3 is 10.8 Å². The summed E-state index contributed by atoms with van der Waals surface area (Å²) >= 11 is 0. The number of aliphatic hydroxyl groups excluding tert-OH is 1. The van der Waals surface area contributed by atoms with Gasteiger partial charge in [0.1, 0.15) is 4.90 Å². The summed E-state index contributed by atoms with van der Waals surface area (Å²) in [6.45, 7) is 6.60. The zero-order valence-corrected chi connectivity index (χ0v) is 11.9. The number of sulfonamides is 1. The largest absolute Gasteiger partial charge is 0.398 e. The van der Waals surface area contributed by atoms with Gasteiger partial charge in [-0.1, -0.05) is 0 Å². The van der Waals surface area contributed by atoms with Crippen LogP contribution in [-0.2, 0) is 10.0 Å². The molecule has 102 valence electrons. The highest BCUT2D eigenvalue weighted by atomic mass is 32.2. The monoisotopic (exact) mass is 272 g/mol. The number of aliphatic hydroxyl groups is 1. The van der Waals surface area contributed by atoms with Gasteiger partial charge in [-0.25, -0.2) is 13.1 Å². The molecule has 0 aliphatic carbocycles. The van der Waals surface area contributed by atoms with Crippen LogP contribution in [0.1, 0.15) is 25.0 Å². The van der Waals surface area contributed by atoms with E-state index in [-0.39, 0.29) is 17.2 Å². The molecule has 0 atom stereocenters. The number of benzene rings is 1. The molecule has 0 aliphatic heterocycles. The fourth-order valence-electron chi connectivity index (χ4n) is 1.50. The fraction of sp³-hybridized carbons (Fsp3) is 0.500. The van der Waals surface area contributed by atoms with E-state index in [4.69, 9.17) is 10.8 Å². The molecule has 4 N–H and O–H groups in total. The highest BCUT2D eigenvalue weighted by Gasteiger charge is 2.27. The molecule has 0 fully saturated rings. The molecule has 0 spiro atoms. The average molecular weight is 272 g/mol. The van der Waals surface area contributed by atoms with Gasteiger partial charge >= 0.3 is 0 Å². The van der Waals surface area contributed by atoms with Crippen molar-refractivity contribution in [1.82, 2.24) is 4.72 Å². The standard InChI is InChI=1S/C12H20N2O3S/c1-8-5-10(13)11(6-9(8)2)18(16,17)14-12(3,4)7-15/h5-6,14-15H,7,13H2,1-4H3. The van der Waals surface area contributed by atoms with Gasteiger partial charge in [0.25, 0.3) is 0 Å². The van der Waals surface area contributed by atoms with Crippen molar-refractivity contribution in [3.05, 3.63) is 23.3 Å². The zero-order chi connectivity index (χ0) is 14.1. The molecular formula is C12H20N2O3S. The van der Waals surface area contributed by atoms with Crippen molar-refractivity contribution in [2.75, 3.05) is 12.3 Å². The molecule has 1 aromatic carbocycles. The van der Waals surface area contributed by atoms with E-state index >= 15 is 0 Å². The molecule has 0 heterocycles. The number of hydrogen-bond acceptors (Lipinski definition) is 4. The van der Waals surface area contributed by atoms with Crippen molar-refractivity contribution in [2.45, 2.75) is 38.1 Å². The molecule has 18 heavy (non-hydrogen) atoms. The lowest BCUT2D eigenvalue weighted by Gasteiger charge is -2.24. The Hall–Kier alpha value is -1.11. The van der Waals surface area contributed by atoms with Crippen LogP contribution in [0, 0.1) is 13.8 Å². The van der Waals surface area contributed by atoms with Crippen molar-refractivity contribution < 1.29 is 13.5 Å². The summed E-state index contributed by atoms with van der Waals surface area (Å²) < 4.78 is 26.8. The van der Waals surface area contributed by atoms with Crippen molar-refractivity contribution in [1.29, 1.82) is 0 Å². The lowest BCUT2D eigenvalue weighted by atomic mass is 10.1. The van der Waals surface area contributed by atoms with Gasteiger partial charge in [0, 0.05) is 0 Å². The highest BCUT2D eigenvalue weighted by Crippen LogP contribution is 2.23. The summed E-state index contributed by atoms with van der Waals surface area (Å²) in [6, 6.07) is 3.18. The topological polar surface area (TPSA) is 92.4 Å². The molecule has 1 aromatic rings. The number of nitrogen functional groups attached to an aromatic ring is 1. The Bertz CT molecular complexity index is 551. The van der Waals surface area contributed by atoms with Crippen LogP contribution >= 0.6 is 0 Å². The van der Waals surface area contributed by atoms with Crippen molar-refractivity contribution in [3.63, 3.8) is 0 Å². The molecule has 1 rings (SSSR count). The molecule has 0 saturated heterocycles. The van der Waals surface area contributed by atoms with Crippen LogP contribution in [0.15, 0.2) is 17.0 Å². The molecular weight excluding hydrogens is 252 g/mol. The predicted octanol–water partition coefficient (Wildman–Crippen LogP) is 0.935. The summed E-state index contributed by atoms with van der Waals surface area (Å²) in [5.41, 5.74) is 6.83. The lowest BCUT2D eigenvalue weighted by Crippen LogP contribution is -2.46. The quantitative estimate of drug-likeness (QED) is 0.711. The third kappa shape index (κ3) is 3.22. The molecule has 0 bridgehead atoms. The summed E-state index contributed by atoms with van der Waals surface area (Å²) in [4.78, 5) is 0.0483. The molecule has 0 saturated carbocycles. The van der Waals surface area contributed by atoms with Gasteiger partial charge in [0.05, 0.1) is 17.8 Å². The Labute approximate surface area is 108 Å². The molecule has 0 aromatic heterocycles. The van der Waals surface area contributed by atoms with Crippen LogP contribution in [0.4, 0.5) is 5.69 Å². The minimum atomic E-state index is -3.73. The first-order chi connectivity index (χ1) is 8.09. The van der Waals surface area contributed by atoms with Crippen molar-refractivity contribution in [3.8, 4) is 0 Å². The fourth-order valence-corrected chi connectivity index (χ4v) is 3.10. The minimum Gasteiger partial charge on any atom is -0.398 e. The Balaban J connectivity index is 3.26. The second-order valence-electron chi connectivity index (χ2n) is 5.12. The number of aryl methyl sites for hydroxylation is 2. The van der Waals surface area contributed by atoms with E-state index in [0.29, 0.717) is 0 Å². The van der Waals surface area contributed by atoms with E-state index in [1.807, 2.05) is 13.8 Å². The van der Waals surface area contributed by atoms with Gasteiger partial charge in [-0.3, -0.25) is 0 Å². The van der Waals surface area contributed by atoms with E-state index in [1.165, 1.54) is 0 Å². The second kappa shape index (κ2) is 4.87. The first-order valence-electron chi connectivity index (χ1n) is 5.60. The molecule has 5 nitrogen and oxygen atoms in total. The minimum absolute atomic E-state index is 0.0483. The number of hydrogen-bond donors (Lipinski definition) is 3. The van der Waals surface area contributed by atoms with Crippen LogP contribution < -0.4 is 10.5 Å². The second-order valence-corrected chi connectivity index (χ2v) is 6.77. The summed E-state index contributed by atoms with van der Waals surface area (Å²) in [5.74, 6) is 0. The first kappa shape index (κ1) is 14.9. The number of nitrogens with two attached hydrogens (primary N) is 1. The first-order valence-corrected chi connectivity index (χ1v) is 7.09. The van der Waals surface area contributed by atoms with E-state index in [1.54, 1.807) is 26.0 Å². The maximum atomic E-state index is 12.2. The molecule has 0 radical (unpaired) electrons. The summed E-state index contributed by atoms with van der Waals surface area (Å²) in [7, 11) is -3.73. The van der Waals surface area contributed by atoms with Crippen LogP contribution in [0.5, 0.6) is 0 Å². The van der Waals surface area contributed by atoms with E-state index in [9.17, 15) is 8.42 Å². The Morgan fingerprint density at radius 1 is 1.28 bits per heavy atom. The average Bonchev–Trinajstić information content (AvgIpc) is 2.21. The Kier molecular flexibility index (Phi) is 4.05. The van der Waals surface area contributed by atoms with Crippen molar-refractivity contribution in [2.24, 2.45) is 0 Å². The van der Waals surface area contributed by atoms with E-state index < -0.39 is 15.6 Å². The molecule has 0 unspecified atom stereocenters. The van der Waals surface area contributed by atoms with Crippen LogP contribution in [0.25, 0.3) is 0 Å². The number of nitrogens with one attached hydrogen (secondary N) is 1. The van der Waals surface area contributed by atoms with Gasteiger partial charge in [-0.2, -0.15) is 0 Å². The summed E-state index contributed by atoms with van der Waals surface area (Å²) in [6.07, 6.45) is 0. The van der Waals surface area contributed by atoms with Gasteiger partial charge in [-0.15, -0.1) is 0 Å². The molecule has 0 amide bonds. The van der Waals surface area contributed by atoms with Gasteiger partial charge in [0.2, 0.25) is 10.0 Å². The van der Waals surface area contributed by atoms with Crippen LogP contribution in [-0.4, -0.2) is 25.7 Å². The third-order valence-electron chi connectivity index (χ3n) is 2.72. The third-order valence-corrected chi connectivity index (χ3v) is 4.48. The smallest absolute Gasteiger partial charge is 0.243 e. The highest BCUT2D eigenvalue weighted by molar-refractivity contribution is 7.89. The lowest BCUT2D eigenvalue weighted by molar-refractivity contribution is 0.208. The Morgan fingerprint density at radius 2 is 1.78 bits per heavy atom. The van der Waals surface area contributed by atoms with E-state index in [2.05, 4.69) is 4.72 Å². The summed E-state index contributed by atoms with van der Waals surface area (Å²) in [5, 5.41) is 9.11. The normalized spacial score (nSPS) is 12.7. The van der Waals surface area contributed by atoms with Gasteiger partial charge in [0.15, 0.2) is 0 Å². The maximum absolute atomic E-state index is 12.2. The Morgan fingerprint density at radius 3 is 2.28 bits per heavy atom. The van der Waals surface area contributed by atoms with E-state index in [0.717, 1.165) is 11.1 Å². The van der Waals surface area contributed by atoms with Gasteiger partial charge in [-0.05, 0) is 51.0 Å². The number of anilines is 1. The SMILES string of the molecule is Cc1cc(N)c(S(=O)(=O)NC(C)(C)CO)cc1C. The van der Waals surface area contributed by atoms with Crippen LogP contribution in [0.2, 0.25) is 0 Å². The predicted molar refractivity (Wildman–Crippen MR) is 71.8 cm³/mol. The molecule has 6 heteroatoms.